The molecule has 0 saturated carbocycles. The third kappa shape index (κ3) is 3.64. The van der Waals surface area contributed by atoms with Crippen molar-refractivity contribution in [3.8, 4) is 0 Å². The van der Waals surface area contributed by atoms with Crippen LogP contribution in [-0.4, -0.2) is 17.0 Å². The predicted octanol–water partition coefficient (Wildman–Crippen LogP) is 3.66. The molecule has 0 aliphatic carbocycles. The van der Waals surface area contributed by atoms with E-state index in [-0.39, 0.29) is 6.66 Å². The van der Waals surface area contributed by atoms with Gasteiger partial charge in [0.15, 0.2) is 0 Å². The second kappa shape index (κ2) is 3.93. The van der Waals surface area contributed by atoms with E-state index in [1.807, 2.05) is 0 Å². The molecule has 0 aliphatic heterocycles. The lowest BCUT2D eigenvalue weighted by Crippen LogP contribution is -2.13. The number of rotatable bonds is 4. The van der Waals surface area contributed by atoms with E-state index in [4.69, 9.17) is 4.89 Å². The molecular weight excluding hydrogens is 292 g/mol. The number of halogens is 5. The van der Waals surface area contributed by atoms with E-state index >= 15 is 0 Å². The highest BCUT2D eigenvalue weighted by atomic mass is 31.3. The standard InChI is InChI=1S/C2H4F5O5P3/c1-13(5,8)2(3,4)14(6,9)12-15(7,10)11/h1H3,(H,10,11). The molecule has 0 bridgehead atoms. The number of alkyl halides is 2. The van der Waals surface area contributed by atoms with E-state index < -0.39 is 28.4 Å². The van der Waals surface area contributed by atoms with Crippen molar-refractivity contribution in [3.05, 3.63) is 0 Å². The molecule has 0 aromatic rings. The van der Waals surface area contributed by atoms with Gasteiger partial charge in [-0.1, -0.05) is 0 Å². The Bertz CT molecular complexity index is 380. The molecule has 5 nitrogen and oxygen atoms in total. The second-order valence-corrected chi connectivity index (χ2v) is 7.97. The molecule has 92 valence electrons. The molecule has 13 heteroatoms. The fourth-order valence-electron chi connectivity index (χ4n) is 0.392. The van der Waals surface area contributed by atoms with E-state index in [1.54, 1.807) is 0 Å². The maximum Gasteiger partial charge on any atom is 0.518 e. The van der Waals surface area contributed by atoms with Gasteiger partial charge in [0, 0.05) is 6.66 Å². The molecule has 3 unspecified atom stereocenters. The zero-order valence-corrected chi connectivity index (χ0v) is 9.49. The van der Waals surface area contributed by atoms with Crippen molar-refractivity contribution in [2.45, 2.75) is 5.40 Å². The number of hydrogen-bond acceptors (Lipinski definition) is 4. The summed E-state index contributed by atoms with van der Waals surface area (Å²) in [5.74, 6) is 0. The van der Waals surface area contributed by atoms with Gasteiger partial charge in [-0.3, -0.25) is 9.46 Å². The third-order valence-electron chi connectivity index (χ3n) is 1.01. The third-order valence-corrected chi connectivity index (χ3v) is 6.05. The summed E-state index contributed by atoms with van der Waals surface area (Å²) in [5, 5.41) is -5.68. The Hall–Kier alpha value is 0.260. The van der Waals surface area contributed by atoms with Crippen molar-refractivity contribution in [2.75, 3.05) is 6.66 Å². The zero-order chi connectivity index (χ0) is 12.7. The van der Waals surface area contributed by atoms with Crippen LogP contribution in [-0.2, 0) is 18.0 Å². The van der Waals surface area contributed by atoms with Crippen LogP contribution in [0.5, 0.6) is 0 Å². The van der Waals surface area contributed by atoms with Crippen LogP contribution in [0.3, 0.4) is 0 Å². The normalized spacial score (nSPS) is 25.0. The fourth-order valence-corrected chi connectivity index (χ4v) is 3.86. The Labute approximate surface area is 80.3 Å². The van der Waals surface area contributed by atoms with Gasteiger partial charge in [0.1, 0.15) is 0 Å². The van der Waals surface area contributed by atoms with Gasteiger partial charge >= 0.3 is 28.4 Å². The van der Waals surface area contributed by atoms with Crippen LogP contribution in [0.1, 0.15) is 0 Å². The van der Waals surface area contributed by atoms with Gasteiger partial charge in [-0.25, -0.2) is 9.13 Å². The zero-order valence-electron chi connectivity index (χ0n) is 6.81. The molecule has 0 saturated heterocycles. The van der Waals surface area contributed by atoms with Crippen molar-refractivity contribution in [3.63, 3.8) is 0 Å². The molecule has 0 radical (unpaired) electrons. The first-order chi connectivity index (χ1) is 6.21. The Balaban J connectivity index is 5.32. The summed E-state index contributed by atoms with van der Waals surface area (Å²) in [7, 11) is -19.4. The molecule has 0 fully saturated rings. The quantitative estimate of drug-likeness (QED) is 0.632. The van der Waals surface area contributed by atoms with Gasteiger partial charge in [-0.2, -0.15) is 21.5 Å². The van der Waals surface area contributed by atoms with E-state index in [9.17, 15) is 35.1 Å². The highest BCUT2D eigenvalue weighted by Gasteiger charge is 2.67. The van der Waals surface area contributed by atoms with E-state index in [0.717, 1.165) is 0 Å². The summed E-state index contributed by atoms with van der Waals surface area (Å²) >= 11 is 0. The predicted molar refractivity (Wildman–Crippen MR) is 40.3 cm³/mol. The van der Waals surface area contributed by atoms with E-state index in [0.29, 0.717) is 0 Å². The summed E-state index contributed by atoms with van der Waals surface area (Å²) in [6, 6.07) is 0. The lowest BCUT2D eigenvalue weighted by Gasteiger charge is -2.20. The summed E-state index contributed by atoms with van der Waals surface area (Å²) in [5.41, 5.74) is 0. The fraction of sp³-hybridized carbons (Fsp3) is 1.00. The first-order valence-corrected chi connectivity index (χ1v) is 7.92. The monoisotopic (exact) mass is 296 g/mol. The topological polar surface area (TPSA) is 80.7 Å². The lowest BCUT2D eigenvalue weighted by molar-refractivity contribution is 0.140. The first-order valence-electron chi connectivity index (χ1n) is 2.89. The van der Waals surface area contributed by atoms with Gasteiger partial charge in [-0.05, 0) is 0 Å². The van der Waals surface area contributed by atoms with Crippen molar-refractivity contribution >= 4 is 23.0 Å². The van der Waals surface area contributed by atoms with Crippen LogP contribution in [0.15, 0.2) is 0 Å². The van der Waals surface area contributed by atoms with Crippen LogP contribution in [0.2, 0.25) is 0 Å². The smallest absolute Gasteiger partial charge is 0.299 e. The Morgan fingerprint density at radius 1 is 1.13 bits per heavy atom. The average Bonchev–Trinajstić information content (AvgIpc) is 1.77. The van der Waals surface area contributed by atoms with Crippen LogP contribution in [0.4, 0.5) is 21.4 Å². The van der Waals surface area contributed by atoms with Crippen molar-refractivity contribution in [1.82, 2.24) is 0 Å². The van der Waals surface area contributed by atoms with Crippen LogP contribution in [0, 0.1) is 0 Å². The van der Waals surface area contributed by atoms with E-state index in [1.165, 1.54) is 0 Å². The minimum absolute atomic E-state index is 0.289. The summed E-state index contributed by atoms with van der Waals surface area (Å²) in [6.45, 7) is -0.289. The van der Waals surface area contributed by atoms with Crippen molar-refractivity contribution in [1.29, 1.82) is 0 Å². The largest absolute Gasteiger partial charge is 0.518 e. The molecule has 0 aromatic heterocycles. The van der Waals surface area contributed by atoms with Crippen LogP contribution in [0.25, 0.3) is 0 Å². The van der Waals surface area contributed by atoms with Gasteiger partial charge < -0.3 is 0 Å². The highest BCUT2D eigenvalue weighted by molar-refractivity contribution is 7.77. The Morgan fingerprint density at radius 2 is 1.47 bits per heavy atom. The Morgan fingerprint density at radius 3 is 1.67 bits per heavy atom. The molecule has 1 N–H and O–H groups in total. The maximum absolute atomic E-state index is 12.5. The molecule has 0 aromatic carbocycles. The van der Waals surface area contributed by atoms with Gasteiger partial charge in [-0.15, -0.1) is 4.20 Å². The highest BCUT2D eigenvalue weighted by Crippen LogP contribution is 2.82. The minimum atomic E-state index is -7.00. The van der Waals surface area contributed by atoms with E-state index in [2.05, 4.69) is 4.31 Å². The van der Waals surface area contributed by atoms with Gasteiger partial charge in [0.05, 0.1) is 0 Å². The molecule has 0 amide bonds. The molecule has 0 rings (SSSR count). The molecule has 3 atom stereocenters. The van der Waals surface area contributed by atoms with Gasteiger partial charge in [0.2, 0.25) is 0 Å². The minimum Gasteiger partial charge on any atom is -0.299 e. The maximum atomic E-state index is 12.5. The lowest BCUT2D eigenvalue weighted by atomic mass is 11.6. The SMILES string of the molecule is CP(=O)(F)C(F)(F)P(=O)(F)OP(=O)(O)F. The molecule has 0 aliphatic rings. The van der Waals surface area contributed by atoms with Crippen LogP contribution < -0.4 is 0 Å². The van der Waals surface area contributed by atoms with Crippen molar-refractivity contribution in [2.24, 2.45) is 0 Å². The molecular formula is C2H4F5O5P3. The average molecular weight is 296 g/mol. The van der Waals surface area contributed by atoms with Crippen LogP contribution >= 0.6 is 23.0 Å². The Kier molecular flexibility index (Phi) is 4.00. The summed E-state index contributed by atoms with van der Waals surface area (Å²) in [4.78, 5) is 7.69. The molecule has 0 spiro atoms. The molecule has 0 heterocycles. The van der Waals surface area contributed by atoms with Crippen molar-refractivity contribution < 1.29 is 44.3 Å². The summed E-state index contributed by atoms with van der Waals surface area (Å²) < 4.78 is 93.9. The van der Waals surface area contributed by atoms with Gasteiger partial charge in [0.25, 0.3) is 0 Å². The second-order valence-electron chi connectivity index (χ2n) is 2.34. The summed E-state index contributed by atoms with van der Waals surface area (Å²) in [6.07, 6.45) is 0. The number of hydrogen-bond donors (Lipinski definition) is 1. The molecule has 15 heavy (non-hydrogen) atoms. The first kappa shape index (κ1) is 15.3.